The molecule has 1 fully saturated rings. The predicted molar refractivity (Wildman–Crippen MR) is 116 cm³/mol. The van der Waals surface area contributed by atoms with Crippen molar-refractivity contribution in [2.75, 3.05) is 37.7 Å². The van der Waals surface area contributed by atoms with Crippen LogP contribution >= 0.6 is 23.5 Å². The van der Waals surface area contributed by atoms with Crippen molar-refractivity contribution in [2.45, 2.75) is 17.2 Å². The lowest BCUT2D eigenvalue weighted by Crippen LogP contribution is -2.43. The lowest BCUT2D eigenvalue weighted by molar-refractivity contribution is -0.148. The number of hydrogen-bond acceptors (Lipinski definition) is 4. The van der Waals surface area contributed by atoms with E-state index in [0.29, 0.717) is 23.8 Å². The average Bonchev–Trinajstić information content (AvgIpc) is 3.15. The quantitative estimate of drug-likeness (QED) is 0.456. The maximum atomic E-state index is 13.4. The Morgan fingerprint density at radius 2 is 1.87 bits per heavy atom. The summed E-state index contributed by atoms with van der Waals surface area (Å²) in [4.78, 5) is 2.85. The number of aromatic nitrogens is 1. The summed E-state index contributed by atoms with van der Waals surface area (Å²) >= 11 is 7.57. The molecule has 0 saturated carbocycles. The Morgan fingerprint density at radius 3 is 2.61 bits per heavy atom. The molecule has 1 N–H and O–H groups in total. The second-order valence-corrected chi connectivity index (χ2v) is 8.64. The van der Waals surface area contributed by atoms with Crippen molar-refractivity contribution < 1.29 is 22.3 Å². The molecule has 3 aromatic rings. The summed E-state index contributed by atoms with van der Waals surface area (Å²) in [6.45, 7) is 1.38. The first-order valence-corrected chi connectivity index (χ1v) is 10.8. The van der Waals surface area contributed by atoms with Gasteiger partial charge in [0.05, 0.1) is 11.2 Å². The zero-order chi connectivity index (χ0) is 22.0. The van der Waals surface area contributed by atoms with Crippen LogP contribution in [0.3, 0.4) is 0 Å². The van der Waals surface area contributed by atoms with E-state index >= 15 is 0 Å². The summed E-state index contributed by atoms with van der Waals surface area (Å²) in [5.41, 5.74) is 1.55. The first kappa shape index (κ1) is 22.1. The number of rotatable bonds is 7. The third-order valence-electron chi connectivity index (χ3n) is 4.95. The number of benzene rings is 2. The van der Waals surface area contributed by atoms with Crippen LogP contribution in [0, 0.1) is 0 Å². The van der Waals surface area contributed by atoms with Gasteiger partial charge in [-0.15, -0.1) is 0 Å². The summed E-state index contributed by atoms with van der Waals surface area (Å²) in [5, 5.41) is 4.89. The number of nitrogens with one attached hydrogen (secondary N) is 1. The highest BCUT2D eigenvalue weighted by atomic mass is 35.5. The van der Waals surface area contributed by atoms with E-state index in [1.807, 2.05) is 45.4 Å². The fourth-order valence-corrected chi connectivity index (χ4v) is 4.40. The Balaban J connectivity index is 1.62. The van der Waals surface area contributed by atoms with Gasteiger partial charge in [-0.2, -0.15) is 8.78 Å². The van der Waals surface area contributed by atoms with Gasteiger partial charge in [-0.1, -0.05) is 17.7 Å². The van der Waals surface area contributed by atoms with Crippen LogP contribution in [-0.2, 0) is 0 Å². The van der Waals surface area contributed by atoms with Crippen molar-refractivity contribution in [3.63, 3.8) is 0 Å². The lowest BCUT2D eigenvalue weighted by atomic mass is 10.2. The fourth-order valence-electron chi connectivity index (χ4n) is 3.34. The highest BCUT2D eigenvalue weighted by molar-refractivity contribution is 7.98. The van der Waals surface area contributed by atoms with Gasteiger partial charge >= 0.3 is 12.3 Å². The lowest BCUT2D eigenvalue weighted by Gasteiger charge is -2.31. The molecule has 1 aromatic heterocycles. The number of piperazine rings is 1. The SMILES string of the molecule is FC(F)C(F)(F)COc1ccc(Sn2ccc3ccc(Cl)cc32)cc1N1CCNCC1. The molecule has 10 heteroatoms. The molecule has 1 aliphatic rings. The molecule has 31 heavy (non-hydrogen) atoms. The first-order valence-electron chi connectivity index (χ1n) is 9.67. The van der Waals surface area contributed by atoms with Gasteiger partial charge in [-0.25, -0.2) is 8.78 Å². The molecule has 0 amide bonds. The highest BCUT2D eigenvalue weighted by Gasteiger charge is 2.42. The van der Waals surface area contributed by atoms with Gasteiger partial charge in [0, 0.05) is 47.7 Å². The smallest absolute Gasteiger partial charge is 0.340 e. The van der Waals surface area contributed by atoms with Gasteiger partial charge in [0.25, 0.3) is 0 Å². The average molecular weight is 474 g/mol. The van der Waals surface area contributed by atoms with E-state index in [4.69, 9.17) is 16.3 Å². The van der Waals surface area contributed by atoms with Gasteiger partial charge in [0.2, 0.25) is 0 Å². The van der Waals surface area contributed by atoms with Gasteiger partial charge in [-0.05, 0) is 48.3 Å². The molecular formula is C21H20ClF4N3OS. The van der Waals surface area contributed by atoms with Crippen LogP contribution in [-0.4, -0.2) is 49.1 Å². The second kappa shape index (κ2) is 9.18. The first-order chi connectivity index (χ1) is 14.8. The van der Waals surface area contributed by atoms with E-state index in [9.17, 15) is 17.6 Å². The second-order valence-electron chi connectivity index (χ2n) is 7.15. The number of anilines is 1. The molecule has 1 aliphatic heterocycles. The van der Waals surface area contributed by atoms with Crippen molar-refractivity contribution in [1.29, 1.82) is 0 Å². The number of nitrogens with zero attached hydrogens (tertiary/aromatic N) is 2. The van der Waals surface area contributed by atoms with E-state index in [2.05, 4.69) is 5.32 Å². The minimum Gasteiger partial charge on any atom is -0.485 e. The molecule has 2 heterocycles. The zero-order valence-corrected chi connectivity index (χ0v) is 17.9. The Hall–Kier alpha value is -2.10. The van der Waals surface area contributed by atoms with Crippen molar-refractivity contribution >= 4 is 40.1 Å². The van der Waals surface area contributed by atoms with Crippen LogP contribution in [0.4, 0.5) is 23.2 Å². The molecule has 4 rings (SSSR count). The van der Waals surface area contributed by atoms with Crippen LogP contribution in [0.25, 0.3) is 10.9 Å². The maximum Gasteiger partial charge on any atom is 0.340 e. The van der Waals surface area contributed by atoms with E-state index in [0.717, 1.165) is 28.9 Å². The molecular weight excluding hydrogens is 454 g/mol. The molecule has 0 unspecified atom stereocenters. The normalized spacial score (nSPS) is 15.1. The maximum absolute atomic E-state index is 13.4. The van der Waals surface area contributed by atoms with Crippen LogP contribution < -0.4 is 15.0 Å². The van der Waals surface area contributed by atoms with Gasteiger partial charge in [-0.3, -0.25) is 3.97 Å². The van der Waals surface area contributed by atoms with Gasteiger partial charge in [0.1, 0.15) is 5.75 Å². The van der Waals surface area contributed by atoms with Crippen molar-refractivity contribution in [3.8, 4) is 5.75 Å². The minimum absolute atomic E-state index is 0.159. The van der Waals surface area contributed by atoms with E-state index in [1.165, 1.54) is 11.9 Å². The number of hydrogen-bond donors (Lipinski definition) is 1. The summed E-state index contributed by atoms with van der Waals surface area (Å²) in [5.74, 6) is -4.05. The topological polar surface area (TPSA) is 29.4 Å². The van der Waals surface area contributed by atoms with Crippen LogP contribution in [0.2, 0.25) is 5.02 Å². The zero-order valence-electron chi connectivity index (χ0n) is 16.3. The largest absolute Gasteiger partial charge is 0.485 e. The molecule has 166 valence electrons. The fraction of sp³-hybridized carbons (Fsp3) is 0.333. The summed E-state index contributed by atoms with van der Waals surface area (Å²) in [6, 6.07) is 12.7. The third-order valence-corrected chi connectivity index (χ3v) is 6.17. The van der Waals surface area contributed by atoms with Crippen LogP contribution in [0.5, 0.6) is 5.75 Å². The van der Waals surface area contributed by atoms with Crippen molar-refractivity contribution in [1.82, 2.24) is 9.29 Å². The Kier molecular flexibility index (Phi) is 6.55. The van der Waals surface area contributed by atoms with Crippen molar-refractivity contribution in [3.05, 3.63) is 53.7 Å². The van der Waals surface area contributed by atoms with E-state index < -0.39 is 19.0 Å². The number of ether oxygens (including phenoxy) is 1. The Bertz CT molecular complexity index is 1060. The number of halogens is 5. The molecule has 1 saturated heterocycles. The minimum atomic E-state index is -4.21. The molecule has 2 aromatic carbocycles. The highest BCUT2D eigenvalue weighted by Crippen LogP contribution is 2.37. The molecule has 0 aliphatic carbocycles. The van der Waals surface area contributed by atoms with Crippen LogP contribution in [0.15, 0.2) is 53.6 Å². The summed E-state index contributed by atoms with van der Waals surface area (Å²) in [6.07, 6.45) is -1.86. The monoisotopic (exact) mass is 473 g/mol. The number of fused-ring (bicyclic) bond motifs is 1. The van der Waals surface area contributed by atoms with Crippen molar-refractivity contribution in [2.24, 2.45) is 0 Å². The number of alkyl halides is 4. The van der Waals surface area contributed by atoms with Gasteiger partial charge < -0.3 is 15.0 Å². The molecule has 0 spiro atoms. The third kappa shape index (κ3) is 5.05. The molecule has 0 bridgehead atoms. The summed E-state index contributed by atoms with van der Waals surface area (Å²) < 4.78 is 59.0. The van der Waals surface area contributed by atoms with Gasteiger partial charge in [0.15, 0.2) is 6.61 Å². The van der Waals surface area contributed by atoms with E-state index in [1.54, 1.807) is 12.1 Å². The van der Waals surface area contributed by atoms with E-state index in [-0.39, 0.29) is 5.75 Å². The summed E-state index contributed by atoms with van der Waals surface area (Å²) in [7, 11) is 0. The Morgan fingerprint density at radius 1 is 1.10 bits per heavy atom. The Labute approximate surface area is 186 Å². The molecule has 0 atom stereocenters. The molecule has 4 nitrogen and oxygen atoms in total. The standard InChI is InChI=1S/C21H20ClF4N3OS/c22-15-2-1-14-5-8-29(17(14)11-15)31-16-3-4-19(30-13-21(25,26)20(23)24)18(12-16)28-9-6-27-7-10-28/h1-5,8,11-12,20,27H,6-7,9-10,13H2. The molecule has 0 radical (unpaired) electrons. The predicted octanol–water partition coefficient (Wildman–Crippen LogP) is 5.54. The van der Waals surface area contributed by atoms with Crippen LogP contribution in [0.1, 0.15) is 0 Å².